The normalized spacial score (nSPS) is 9.23. The monoisotopic (exact) mass is 182 g/mol. The first kappa shape index (κ1) is 9.24. The van der Waals surface area contributed by atoms with Gasteiger partial charge in [-0.25, -0.2) is 14.8 Å². The van der Waals surface area contributed by atoms with Gasteiger partial charge >= 0.3 is 6.09 Å². The van der Waals surface area contributed by atoms with Crippen molar-refractivity contribution in [2.75, 3.05) is 18.5 Å². The fraction of sp³-hybridized carbons (Fsp3) is 0.286. The van der Waals surface area contributed by atoms with E-state index >= 15 is 0 Å². The Bertz CT molecular complexity index is 264. The Kier molecular flexibility index (Phi) is 3.49. The van der Waals surface area contributed by atoms with Crippen LogP contribution in [-0.4, -0.2) is 29.2 Å². The summed E-state index contributed by atoms with van der Waals surface area (Å²) in [5.74, 6) is 0.496. The Labute approximate surface area is 75.1 Å². The second-order valence-electron chi connectivity index (χ2n) is 2.17. The average molecular weight is 182 g/mol. The third-order valence-corrected chi connectivity index (χ3v) is 1.20. The van der Waals surface area contributed by atoms with E-state index in [0.29, 0.717) is 12.5 Å². The fourth-order valence-electron chi connectivity index (χ4n) is 0.705. The molecule has 1 aromatic rings. The maximum atomic E-state index is 10.2. The van der Waals surface area contributed by atoms with E-state index < -0.39 is 6.09 Å². The smallest absolute Gasteiger partial charge is 0.404 e. The van der Waals surface area contributed by atoms with Gasteiger partial charge in [0.25, 0.3) is 0 Å². The summed E-state index contributed by atoms with van der Waals surface area (Å²) in [4.78, 5) is 18.0. The van der Waals surface area contributed by atoms with Crippen LogP contribution in [0.2, 0.25) is 0 Å². The number of nitrogens with one attached hydrogen (secondary N) is 1. The van der Waals surface area contributed by atoms with Gasteiger partial charge in [0.2, 0.25) is 5.95 Å². The molecule has 6 nitrogen and oxygen atoms in total. The van der Waals surface area contributed by atoms with E-state index in [4.69, 9.17) is 5.73 Å². The van der Waals surface area contributed by atoms with Gasteiger partial charge < -0.3 is 15.8 Å². The molecule has 0 aromatic carbocycles. The summed E-state index contributed by atoms with van der Waals surface area (Å²) in [5, 5.41) is 2.84. The molecule has 0 aliphatic heterocycles. The summed E-state index contributed by atoms with van der Waals surface area (Å²) in [6, 6.07) is 1.71. The molecule has 1 rings (SSSR count). The van der Waals surface area contributed by atoms with E-state index in [1.54, 1.807) is 18.5 Å². The minimum absolute atomic E-state index is 0.202. The van der Waals surface area contributed by atoms with Gasteiger partial charge in [-0.2, -0.15) is 0 Å². The summed E-state index contributed by atoms with van der Waals surface area (Å²) in [6.45, 7) is 0.639. The first-order chi connectivity index (χ1) is 6.29. The third kappa shape index (κ3) is 3.90. The van der Waals surface area contributed by atoms with Crippen LogP contribution < -0.4 is 11.1 Å². The fourth-order valence-corrected chi connectivity index (χ4v) is 0.705. The summed E-state index contributed by atoms with van der Waals surface area (Å²) in [5.41, 5.74) is 4.75. The number of hydrogen-bond donors (Lipinski definition) is 2. The lowest BCUT2D eigenvalue weighted by Gasteiger charge is -2.03. The number of ether oxygens (including phenoxy) is 1. The van der Waals surface area contributed by atoms with Gasteiger partial charge in [0.1, 0.15) is 6.61 Å². The zero-order valence-electron chi connectivity index (χ0n) is 6.93. The number of carbonyl (C=O) groups excluding carboxylic acids is 1. The van der Waals surface area contributed by atoms with E-state index in [0.717, 1.165) is 0 Å². The Morgan fingerprint density at radius 3 is 2.85 bits per heavy atom. The van der Waals surface area contributed by atoms with Gasteiger partial charge in [-0.1, -0.05) is 0 Å². The highest BCUT2D eigenvalue weighted by molar-refractivity contribution is 5.64. The minimum Gasteiger partial charge on any atom is -0.448 e. The lowest BCUT2D eigenvalue weighted by molar-refractivity contribution is 0.161. The molecule has 0 unspecified atom stereocenters. The number of carbonyl (C=O) groups is 1. The second-order valence-corrected chi connectivity index (χ2v) is 2.17. The van der Waals surface area contributed by atoms with Crippen molar-refractivity contribution in [3.63, 3.8) is 0 Å². The van der Waals surface area contributed by atoms with Crippen molar-refractivity contribution in [2.24, 2.45) is 5.73 Å². The molecular formula is C7H10N4O2. The molecule has 1 aromatic heterocycles. The van der Waals surface area contributed by atoms with Crippen molar-refractivity contribution < 1.29 is 9.53 Å². The molecule has 1 heterocycles. The van der Waals surface area contributed by atoms with E-state index in [-0.39, 0.29) is 6.61 Å². The van der Waals surface area contributed by atoms with E-state index in [9.17, 15) is 4.79 Å². The zero-order chi connectivity index (χ0) is 9.52. The number of primary amides is 1. The van der Waals surface area contributed by atoms with Crippen LogP contribution in [0.3, 0.4) is 0 Å². The van der Waals surface area contributed by atoms with Crippen LogP contribution in [0.5, 0.6) is 0 Å². The molecule has 0 fully saturated rings. The zero-order valence-corrected chi connectivity index (χ0v) is 6.93. The minimum atomic E-state index is -0.782. The van der Waals surface area contributed by atoms with Crippen molar-refractivity contribution >= 4 is 12.0 Å². The van der Waals surface area contributed by atoms with Crippen molar-refractivity contribution in [2.45, 2.75) is 0 Å². The van der Waals surface area contributed by atoms with Gasteiger partial charge in [-0.3, -0.25) is 0 Å². The first-order valence-electron chi connectivity index (χ1n) is 3.72. The van der Waals surface area contributed by atoms with E-state index in [1.165, 1.54) is 0 Å². The number of rotatable bonds is 4. The van der Waals surface area contributed by atoms with Crippen molar-refractivity contribution in [1.82, 2.24) is 9.97 Å². The molecule has 0 spiro atoms. The molecule has 70 valence electrons. The van der Waals surface area contributed by atoms with Crippen molar-refractivity contribution in [1.29, 1.82) is 0 Å². The van der Waals surface area contributed by atoms with Crippen molar-refractivity contribution in [3.8, 4) is 0 Å². The average Bonchev–Trinajstić information content (AvgIpc) is 2.14. The molecule has 0 bridgehead atoms. The van der Waals surface area contributed by atoms with Gasteiger partial charge in [0.15, 0.2) is 0 Å². The van der Waals surface area contributed by atoms with E-state index in [1.807, 2.05) is 0 Å². The molecule has 3 N–H and O–H groups in total. The summed E-state index contributed by atoms with van der Waals surface area (Å²) in [6.07, 6.45) is 2.45. The quantitative estimate of drug-likeness (QED) is 0.639. The first-order valence-corrected chi connectivity index (χ1v) is 3.72. The molecule has 1 amide bonds. The number of aromatic nitrogens is 2. The number of nitrogens with two attached hydrogens (primary N) is 1. The van der Waals surface area contributed by atoms with Crippen LogP contribution in [0, 0.1) is 0 Å². The van der Waals surface area contributed by atoms with Crippen LogP contribution in [0.25, 0.3) is 0 Å². The summed E-state index contributed by atoms with van der Waals surface area (Å²) >= 11 is 0. The van der Waals surface area contributed by atoms with E-state index in [2.05, 4.69) is 20.0 Å². The maximum Gasteiger partial charge on any atom is 0.404 e. The lowest BCUT2D eigenvalue weighted by atomic mass is 10.6. The molecule has 0 aliphatic rings. The molecule has 13 heavy (non-hydrogen) atoms. The Hall–Kier alpha value is -1.85. The molecule has 0 radical (unpaired) electrons. The number of anilines is 1. The van der Waals surface area contributed by atoms with Crippen molar-refractivity contribution in [3.05, 3.63) is 18.5 Å². The topological polar surface area (TPSA) is 90.1 Å². The Morgan fingerprint density at radius 2 is 2.23 bits per heavy atom. The molecule has 0 saturated heterocycles. The maximum absolute atomic E-state index is 10.2. The lowest BCUT2D eigenvalue weighted by Crippen LogP contribution is -2.18. The van der Waals surface area contributed by atoms with Crippen LogP contribution in [0.15, 0.2) is 18.5 Å². The SMILES string of the molecule is NC(=O)OCCNc1ncccn1. The number of nitrogens with zero attached hydrogens (tertiary/aromatic N) is 2. The largest absolute Gasteiger partial charge is 0.448 e. The predicted molar refractivity (Wildman–Crippen MR) is 46.1 cm³/mol. The Balaban J connectivity index is 2.17. The highest BCUT2D eigenvalue weighted by atomic mass is 16.5. The van der Waals surface area contributed by atoms with Crippen LogP contribution in [0.1, 0.15) is 0 Å². The van der Waals surface area contributed by atoms with Crippen LogP contribution in [-0.2, 0) is 4.74 Å². The predicted octanol–water partition coefficient (Wildman–Crippen LogP) is -0.0162. The second kappa shape index (κ2) is 4.91. The third-order valence-electron chi connectivity index (χ3n) is 1.20. The number of amides is 1. The molecule has 0 atom stereocenters. The highest BCUT2D eigenvalue weighted by Crippen LogP contribution is 1.91. The highest BCUT2D eigenvalue weighted by Gasteiger charge is 1.94. The molecular weight excluding hydrogens is 172 g/mol. The molecule has 6 heteroatoms. The molecule has 0 saturated carbocycles. The van der Waals surface area contributed by atoms with Gasteiger partial charge in [0.05, 0.1) is 6.54 Å². The summed E-state index contributed by atoms with van der Waals surface area (Å²) in [7, 11) is 0. The van der Waals surface area contributed by atoms with Gasteiger partial charge in [0, 0.05) is 12.4 Å². The van der Waals surface area contributed by atoms with Crippen LogP contribution >= 0.6 is 0 Å². The standard InChI is InChI=1S/C7H10N4O2/c8-6(12)13-5-4-11-7-9-2-1-3-10-7/h1-3H,4-5H2,(H2,8,12)(H,9,10,11). The van der Waals surface area contributed by atoms with Crippen LogP contribution in [0.4, 0.5) is 10.7 Å². The molecule has 0 aliphatic carbocycles. The number of hydrogen-bond acceptors (Lipinski definition) is 5. The summed E-state index contributed by atoms with van der Waals surface area (Å²) < 4.78 is 4.48. The Morgan fingerprint density at radius 1 is 1.54 bits per heavy atom. The van der Waals surface area contributed by atoms with Gasteiger partial charge in [-0.05, 0) is 6.07 Å². The van der Waals surface area contributed by atoms with Gasteiger partial charge in [-0.15, -0.1) is 0 Å².